The van der Waals surface area contributed by atoms with Crippen LogP contribution in [0.5, 0.6) is 5.75 Å². The second-order valence-corrected chi connectivity index (χ2v) is 9.26. The number of benzene rings is 1. The highest BCUT2D eigenvalue weighted by atomic mass is 32.1. The first-order valence-corrected chi connectivity index (χ1v) is 11.9. The molecule has 34 heavy (non-hydrogen) atoms. The summed E-state index contributed by atoms with van der Waals surface area (Å²) < 4.78 is 10.3. The number of ether oxygens (including phenoxy) is 1. The lowest BCUT2D eigenvalue weighted by Gasteiger charge is -2.38. The van der Waals surface area contributed by atoms with Crippen LogP contribution in [0.4, 0.5) is 10.8 Å². The van der Waals surface area contributed by atoms with Crippen LogP contribution in [0.3, 0.4) is 0 Å². The Hall–Kier alpha value is -3.66. The van der Waals surface area contributed by atoms with Gasteiger partial charge in [0.05, 0.1) is 29.9 Å². The average molecular weight is 481 g/mol. The third-order valence-electron chi connectivity index (χ3n) is 6.17. The third kappa shape index (κ3) is 4.41. The van der Waals surface area contributed by atoms with Gasteiger partial charge in [0.15, 0.2) is 16.7 Å². The number of thiazole rings is 1. The number of rotatable bonds is 5. The second kappa shape index (κ2) is 9.30. The number of amides is 2. The zero-order chi connectivity index (χ0) is 23.7. The predicted molar refractivity (Wildman–Crippen MR) is 127 cm³/mol. The molecule has 1 atom stereocenters. The Balaban J connectivity index is 1.20. The molecule has 0 spiro atoms. The van der Waals surface area contributed by atoms with Crippen molar-refractivity contribution in [2.75, 3.05) is 43.5 Å². The van der Waals surface area contributed by atoms with Crippen molar-refractivity contribution in [1.82, 2.24) is 9.88 Å². The Morgan fingerprint density at radius 2 is 1.88 bits per heavy atom. The first-order chi connectivity index (χ1) is 16.5. The summed E-state index contributed by atoms with van der Waals surface area (Å²) in [5.41, 5.74) is 1.67. The van der Waals surface area contributed by atoms with Crippen molar-refractivity contribution < 1.29 is 23.5 Å². The number of ketones is 1. The van der Waals surface area contributed by atoms with E-state index in [0.29, 0.717) is 35.2 Å². The van der Waals surface area contributed by atoms with Crippen LogP contribution in [0.2, 0.25) is 0 Å². The van der Waals surface area contributed by atoms with Crippen LogP contribution in [0.25, 0.3) is 0 Å². The summed E-state index contributed by atoms with van der Waals surface area (Å²) in [6.45, 7) is 2.65. The molecule has 9 nitrogen and oxygen atoms in total. The average Bonchev–Trinajstić information content (AvgIpc) is 3.54. The molecule has 1 N–H and O–H groups in total. The van der Waals surface area contributed by atoms with Crippen LogP contribution in [0.1, 0.15) is 32.3 Å². The maximum atomic E-state index is 13.2. The van der Waals surface area contributed by atoms with Gasteiger partial charge in [-0.15, -0.1) is 0 Å². The highest BCUT2D eigenvalue weighted by Gasteiger charge is 2.36. The van der Waals surface area contributed by atoms with Gasteiger partial charge in [0.1, 0.15) is 5.75 Å². The van der Waals surface area contributed by atoms with E-state index >= 15 is 0 Å². The Bertz CT molecular complexity index is 1200. The first-order valence-electron chi connectivity index (χ1n) is 11.1. The molecule has 1 fully saturated rings. The topological polar surface area (TPSA) is 105 Å². The molecule has 1 aliphatic heterocycles. The lowest BCUT2D eigenvalue weighted by Crippen LogP contribution is -2.51. The fourth-order valence-electron chi connectivity index (χ4n) is 4.36. The molecule has 0 bridgehead atoms. The molecule has 10 heteroatoms. The van der Waals surface area contributed by atoms with E-state index in [4.69, 9.17) is 9.15 Å². The normalized spacial score (nSPS) is 17.9. The van der Waals surface area contributed by atoms with Gasteiger partial charge in [-0.05, 0) is 36.4 Å². The summed E-state index contributed by atoms with van der Waals surface area (Å²) in [7, 11) is 1.64. The summed E-state index contributed by atoms with van der Waals surface area (Å²) in [6, 6.07) is 11.1. The second-order valence-electron chi connectivity index (χ2n) is 8.26. The largest absolute Gasteiger partial charge is 0.497 e. The predicted octanol–water partition coefficient (Wildman–Crippen LogP) is 3.09. The Labute approximate surface area is 200 Å². The SMILES string of the molecule is COc1ccc(N2CCN(C(=O)C3CC(=O)c4sc(NC(=O)c5ccco5)nc4C3)CC2)cc1. The lowest BCUT2D eigenvalue weighted by atomic mass is 9.88. The van der Waals surface area contributed by atoms with Gasteiger partial charge in [-0.25, -0.2) is 4.98 Å². The molecule has 3 heterocycles. The fraction of sp³-hybridized carbons (Fsp3) is 0.333. The monoisotopic (exact) mass is 480 g/mol. The molecule has 2 aliphatic rings. The van der Waals surface area contributed by atoms with E-state index in [2.05, 4.69) is 15.2 Å². The summed E-state index contributed by atoms with van der Waals surface area (Å²) in [5.74, 6) is 0.00939. The maximum Gasteiger partial charge on any atom is 0.293 e. The number of aromatic nitrogens is 1. The molecule has 1 saturated heterocycles. The van der Waals surface area contributed by atoms with Crippen LogP contribution < -0.4 is 15.0 Å². The number of piperazine rings is 1. The Morgan fingerprint density at radius 3 is 2.56 bits per heavy atom. The molecule has 5 rings (SSSR count). The van der Waals surface area contributed by atoms with Crippen molar-refractivity contribution in [3.8, 4) is 5.75 Å². The summed E-state index contributed by atoms with van der Waals surface area (Å²) >= 11 is 1.14. The molecular weight excluding hydrogens is 456 g/mol. The summed E-state index contributed by atoms with van der Waals surface area (Å²) in [5, 5.41) is 3.01. The third-order valence-corrected chi connectivity index (χ3v) is 7.22. The number of Topliss-reactive ketones (excluding diaryl/α,β-unsaturated/α-hetero) is 1. The number of hydrogen-bond acceptors (Lipinski definition) is 8. The number of hydrogen-bond donors (Lipinski definition) is 1. The number of furan rings is 1. The number of anilines is 2. The lowest BCUT2D eigenvalue weighted by molar-refractivity contribution is -0.135. The standard InChI is InChI=1S/C24H24N4O5S/c1-32-17-6-4-16(5-7-17)27-8-10-28(11-9-27)23(31)15-13-18-21(19(29)14-15)34-24(25-18)26-22(30)20-3-2-12-33-20/h2-7,12,15H,8-11,13-14H2,1H3,(H,25,26,30). The number of carbonyl (C=O) groups excluding carboxylic acids is 3. The maximum absolute atomic E-state index is 13.2. The van der Waals surface area contributed by atoms with Crippen LogP contribution in [0, 0.1) is 5.92 Å². The molecule has 3 aromatic rings. The molecule has 2 amide bonds. The number of fused-ring (bicyclic) bond motifs is 1. The van der Waals surface area contributed by atoms with Crippen molar-refractivity contribution in [3.63, 3.8) is 0 Å². The molecule has 2 aromatic heterocycles. The van der Waals surface area contributed by atoms with Crippen molar-refractivity contribution in [3.05, 3.63) is 59.0 Å². The van der Waals surface area contributed by atoms with Gasteiger partial charge in [-0.2, -0.15) is 0 Å². The minimum atomic E-state index is -0.428. The fourth-order valence-corrected chi connectivity index (χ4v) is 5.30. The van der Waals surface area contributed by atoms with Crippen molar-refractivity contribution in [2.24, 2.45) is 5.92 Å². The van der Waals surface area contributed by atoms with Gasteiger partial charge in [-0.3, -0.25) is 19.7 Å². The van der Waals surface area contributed by atoms with E-state index < -0.39 is 11.8 Å². The quantitative estimate of drug-likeness (QED) is 0.598. The molecule has 1 unspecified atom stereocenters. The number of nitrogens with zero attached hydrogens (tertiary/aromatic N) is 3. The summed E-state index contributed by atoms with van der Waals surface area (Å²) in [4.78, 5) is 47.2. The van der Waals surface area contributed by atoms with E-state index in [1.54, 1.807) is 19.2 Å². The van der Waals surface area contributed by atoms with Crippen LogP contribution in [0.15, 0.2) is 47.1 Å². The minimum absolute atomic E-state index is 0.0115. The van der Waals surface area contributed by atoms with Gasteiger partial charge < -0.3 is 19.0 Å². The molecule has 0 saturated carbocycles. The summed E-state index contributed by atoms with van der Waals surface area (Å²) in [6.07, 6.45) is 1.97. The highest BCUT2D eigenvalue weighted by Crippen LogP contribution is 2.33. The first kappa shape index (κ1) is 22.1. The molecule has 0 radical (unpaired) electrons. The van der Waals surface area contributed by atoms with Crippen LogP contribution in [-0.4, -0.2) is 60.8 Å². The zero-order valence-electron chi connectivity index (χ0n) is 18.7. The van der Waals surface area contributed by atoms with Gasteiger partial charge in [-0.1, -0.05) is 11.3 Å². The zero-order valence-corrected chi connectivity index (χ0v) is 19.5. The van der Waals surface area contributed by atoms with Gasteiger partial charge in [0, 0.05) is 44.7 Å². The van der Waals surface area contributed by atoms with Crippen molar-refractivity contribution >= 4 is 39.8 Å². The van der Waals surface area contributed by atoms with E-state index in [1.165, 1.54) is 6.26 Å². The van der Waals surface area contributed by atoms with E-state index in [-0.39, 0.29) is 23.9 Å². The number of nitrogens with one attached hydrogen (secondary N) is 1. The number of carbonyl (C=O) groups is 3. The van der Waals surface area contributed by atoms with Crippen molar-refractivity contribution in [1.29, 1.82) is 0 Å². The molecule has 176 valence electrons. The van der Waals surface area contributed by atoms with Gasteiger partial charge >= 0.3 is 0 Å². The van der Waals surface area contributed by atoms with E-state index in [0.717, 1.165) is 35.9 Å². The molecule has 1 aliphatic carbocycles. The van der Waals surface area contributed by atoms with Crippen molar-refractivity contribution in [2.45, 2.75) is 12.8 Å². The minimum Gasteiger partial charge on any atom is -0.497 e. The van der Waals surface area contributed by atoms with E-state index in [1.807, 2.05) is 29.2 Å². The highest BCUT2D eigenvalue weighted by molar-refractivity contribution is 7.17. The molecule has 1 aromatic carbocycles. The number of methoxy groups -OCH3 is 1. The Kier molecular flexibility index (Phi) is 6.06. The molecular formula is C24H24N4O5S. The van der Waals surface area contributed by atoms with Gasteiger partial charge in [0.2, 0.25) is 5.91 Å². The van der Waals surface area contributed by atoms with Gasteiger partial charge in [0.25, 0.3) is 5.91 Å². The van der Waals surface area contributed by atoms with E-state index in [9.17, 15) is 14.4 Å². The Morgan fingerprint density at radius 1 is 1.12 bits per heavy atom. The van der Waals surface area contributed by atoms with Crippen LogP contribution in [-0.2, 0) is 11.2 Å². The smallest absolute Gasteiger partial charge is 0.293 e. The van der Waals surface area contributed by atoms with Crippen LogP contribution >= 0.6 is 11.3 Å².